The van der Waals surface area contributed by atoms with Crippen LogP contribution in [-0.2, 0) is 6.18 Å². The third-order valence-electron chi connectivity index (χ3n) is 4.13. The fourth-order valence-electron chi connectivity index (χ4n) is 2.98. The number of carbonyl (C=O) groups excluding carboxylic acids is 1. The van der Waals surface area contributed by atoms with Gasteiger partial charge in [-0.2, -0.15) is 13.2 Å². The number of nitrogens with one attached hydrogen (secondary N) is 2. The van der Waals surface area contributed by atoms with Crippen molar-refractivity contribution >= 4 is 23.1 Å². The number of Topliss-reactive ketones (excluding diaryl/α,β-unsaturated/α-hetero) is 1. The minimum atomic E-state index is -4.54. The minimum Gasteiger partial charge on any atom is -0.351 e. The van der Waals surface area contributed by atoms with Crippen molar-refractivity contribution in [3.63, 3.8) is 0 Å². The first-order valence-electron chi connectivity index (χ1n) is 7.83. The van der Waals surface area contributed by atoms with Crippen LogP contribution >= 0.6 is 12.2 Å². The molecule has 2 aromatic carbocycles. The SMILES string of the molecule is CC1=C(C(=O)c2ccccc2)C(c2ccccc2C(F)(F)F)NC(=S)N1. The molecule has 7 heteroatoms. The molecule has 26 heavy (non-hydrogen) atoms. The number of hydrogen-bond donors (Lipinski definition) is 2. The first-order valence-corrected chi connectivity index (χ1v) is 8.24. The summed E-state index contributed by atoms with van der Waals surface area (Å²) in [5.41, 5.74) is 0.203. The fraction of sp³-hybridized carbons (Fsp3) is 0.158. The van der Waals surface area contributed by atoms with Gasteiger partial charge in [0.25, 0.3) is 0 Å². The fourth-order valence-corrected chi connectivity index (χ4v) is 3.25. The number of thiocarbonyl (C=S) groups is 1. The Kier molecular flexibility index (Phi) is 4.82. The molecule has 3 nitrogen and oxygen atoms in total. The van der Waals surface area contributed by atoms with Gasteiger partial charge in [0.15, 0.2) is 10.9 Å². The Balaban J connectivity index is 2.15. The summed E-state index contributed by atoms with van der Waals surface area (Å²) >= 11 is 5.10. The summed E-state index contributed by atoms with van der Waals surface area (Å²) in [6.45, 7) is 1.63. The first-order chi connectivity index (χ1) is 12.3. The van der Waals surface area contributed by atoms with Gasteiger partial charge < -0.3 is 10.6 Å². The molecule has 0 saturated heterocycles. The van der Waals surface area contributed by atoms with Crippen LogP contribution < -0.4 is 10.6 Å². The van der Waals surface area contributed by atoms with Gasteiger partial charge in [-0.05, 0) is 30.8 Å². The van der Waals surface area contributed by atoms with Crippen LogP contribution in [0.25, 0.3) is 0 Å². The van der Waals surface area contributed by atoms with Crippen LogP contribution in [0.4, 0.5) is 13.2 Å². The van der Waals surface area contributed by atoms with Crippen molar-refractivity contribution in [3.05, 3.63) is 82.6 Å². The van der Waals surface area contributed by atoms with E-state index in [-0.39, 0.29) is 22.0 Å². The normalized spacial score (nSPS) is 17.5. The second-order valence-electron chi connectivity index (χ2n) is 5.85. The molecular formula is C19H15F3N2OS. The molecule has 1 atom stereocenters. The number of rotatable bonds is 3. The molecule has 1 heterocycles. The van der Waals surface area contributed by atoms with Crippen LogP contribution in [-0.4, -0.2) is 10.9 Å². The molecule has 0 aliphatic carbocycles. The van der Waals surface area contributed by atoms with Crippen molar-refractivity contribution in [1.29, 1.82) is 0 Å². The van der Waals surface area contributed by atoms with E-state index in [9.17, 15) is 18.0 Å². The first kappa shape index (κ1) is 18.1. The zero-order chi connectivity index (χ0) is 18.9. The summed E-state index contributed by atoms with van der Waals surface area (Å²) in [5.74, 6) is -0.354. The van der Waals surface area contributed by atoms with Gasteiger partial charge in [-0.15, -0.1) is 0 Å². The predicted octanol–water partition coefficient (Wildman–Crippen LogP) is 4.38. The van der Waals surface area contributed by atoms with E-state index in [2.05, 4.69) is 10.6 Å². The topological polar surface area (TPSA) is 41.1 Å². The summed E-state index contributed by atoms with van der Waals surface area (Å²) in [4.78, 5) is 13.0. The van der Waals surface area contributed by atoms with Crippen LogP contribution in [0, 0.1) is 0 Å². The largest absolute Gasteiger partial charge is 0.416 e. The summed E-state index contributed by atoms with van der Waals surface area (Å²) < 4.78 is 40.4. The Morgan fingerprint density at radius 2 is 1.65 bits per heavy atom. The maximum atomic E-state index is 13.5. The van der Waals surface area contributed by atoms with E-state index in [1.807, 2.05) is 0 Å². The Morgan fingerprint density at radius 1 is 1.04 bits per heavy atom. The van der Waals surface area contributed by atoms with Gasteiger partial charge in [-0.25, -0.2) is 0 Å². The number of alkyl halides is 3. The van der Waals surface area contributed by atoms with Gasteiger partial charge in [0.1, 0.15) is 0 Å². The maximum absolute atomic E-state index is 13.5. The summed E-state index contributed by atoms with van der Waals surface area (Å²) in [7, 11) is 0. The number of halogens is 3. The van der Waals surface area contributed by atoms with E-state index in [0.717, 1.165) is 6.07 Å². The second kappa shape index (κ2) is 6.92. The Bertz CT molecular complexity index is 891. The van der Waals surface area contributed by atoms with Gasteiger partial charge in [0.2, 0.25) is 0 Å². The Labute approximate surface area is 153 Å². The van der Waals surface area contributed by atoms with E-state index in [4.69, 9.17) is 12.2 Å². The van der Waals surface area contributed by atoms with Gasteiger partial charge in [-0.3, -0.25) is 4.79 Å². The van der Waals surface area contributed by atoms with E-state index >= 15 is 0 Å². The lowest BCUT2D eigenvalue weighted by atomic mass is 9.87. The van der Waals surface area contributed by atoms with Gasteiger partial charge in [0, 0.05) is 16.8 Å². The maximum Gasteiger partial charge on any atom is 0.416 e. The smallest absolute Gasteiger partial charge is 0.351 e. The van der Waals surface area contributed by atoms with Crippen molar-refractivity contribution in [1.82, 2.24) is 10.6 Å². The highest BCUT2D eigenvalue weighted by Crippen LogP contribution is 2.38. The van der Waals surface area contributed by atoms with Crippen LogP contribution in [0.2, 0.25) is 0 Å². The van der Waals surface area contributed by atoms with Crippen LogP contribution in [0.15, 0.2) is 65.9 Å². The summed E-state index contributed by atoms with van der Waals surface area (Å²) in [6.07, 6.45) is -4.54. The second-order valence-corrected chi connectivity index (χ2v) is 6.26. The van der Waals surface area contributed by atoms with E-state index in [1.165, 1.54) is 18.2 Å². The van der Waals surface area contributed by atoms with Crippen molar-refractivity contribution in [2.24, 2.45) is 0 Å². The van der Waals surface area contributed by atoms with Gasteiger partial charge in [-0.1, -0.05) is 48.5 Å². The molecule has 1 aliphatic heterocycles. The lowest BCUT2D eigenvalue weighted by molar-refractivity contribution is -0.138. The molecule has 3 rings (SSSR count). The molecule has 1 unspecified atom stereocenters. The summed E-state index contributed by atoms with van der Waals surface area (Å²) in [5, 5.41) is 5.83. The van der Waals surface area contributed by atoms with E-state index in [1.54, 1.807) is 37.3 Å². The molecule has 0 fully saturated rings. The number of ketones is 1. The highest BCUT2D eigenvalue weighted by molar-refractivity contribution is 7.80. The van der Waals surface area contributed by atoms with E-state index < -0.39 is 17.8 Å². The molecule has 0 spiro atoms. The average molecular weight is 376 g/mol. The molecule has 0 bridgehead atoms. The molecule has 2 aromatic rings. The zero-order valence-corrected chi connectivity index (χ0v) is 14.5. The third-order valence-corrected chi connectivity index (χ3v) is 4.35. The lowest BCUT2D eigenvalue weighted by Crippen LogP contribution is -2.45. The van der Waals surface area contributed by atoms with Crippen molar-refractivity contribution in [3.8, 4) is 0 Å². The molecule has 134 valence electrons. The van der Waals surface area contributed by atoms with Crippen molar-refractivity contribution < 1.29 is 18.0 Å². The van der Waals surface area contributed by atoms with Crippen LogP contribution in [0.5, 0.6) is 0 Å². The number of carbonyl (C=O) groups is 1. The van der Waals surface area contributed by atoms with Crippen LogP contribution in [0.3, 0.4) is 0 Å². The molecule has 0 aromatic heterocycles. The highest BCUT2D eigenvalue weighted by Gasteiger charge is 2.38. The molecule has 1 aliphatic rings. The zero-order valence-electron chi connectivity index (χ0n) is 13.7. The van der Waals surface area contributed by atoms with Crippen LogP contribution in [0.1, 0.15) is 34.5 Å². The molecular weight excluding hydrogens is 361 g/mol. The standard InChI is InChI=1S/C19H15F3N2OS/c1-11-15(17(25)12-7-3-2-4-8-12)16(24-18(26)23-11)13-9-5-6-10-14(13)19(20,21)22/h2-10,16H,1H3,(H2,23,24,26). The molecule has 0 amide bonds. The van der Waals surface area contributed by atoms with Gasteiger partial charge in [0.05, 0.1) is 11.6 Å². The number of benzene rings is 2. The average Bonchev–Trinajstić information content (AvgIpc) is 2.60. The highest BCUT2D eigenvalue weighted by atomic mass is 32.1. The quantitative estimate of drug-likeness (QED) is 0.616. The number of allylic oxidation sites excluding steroid dienone is 1. The lowest BCUT2D eigenvalue weighted by Gasteiger charge is -2.31. The monoisotopic (exact) mass is 376 g/mol. The molecule has 2 N–H and O–H groups in total. The minimum absolute atomic E-state index is 0.0394. The van der Waals surface area contributed by atoms with Crippen molar-refractivity contribution in [2.45, 2.75) is 19.1 Å². The third kappa shape index (κ3) is 3.48. The number of hydrogen-bond acceptors (Lipinski definition) is 2. The van der Waals surface area contributed by atoms with Gasteiger partial charge >= 0.3 is 6.18 Å². The van der Waals surface area contributed by atoms with E-state index in [0.29, 0.717) is 11.3 Å². The Morgan fingerprint density at radius 3 is 2.31 bits per heavy atom. The Hall–Kier alpha value is -2.67. The molecule has 0 radical (unpaired) electrons. The molecule has 0 saturated carbocycles. The predicted molar refractivity (Wildman–Crippen MR) is 96.5 cm³/mol. The summed E-state index contributed by atoms with van der Waals surface area (Å²) in [6, 6.07) is 12.6. The van der Waals surface area contributed by atoms with Crippen molar-refractivity contribution in [2.75, 3.05) is 0 Å².